The molecule has 0 aliphatic rings. The van der Waals surface area contributed by atoms with E-state index in [1.54, 1.807) is 18.3 Å². The summed E-state index contributed by atoms with van der Waals surface area (Å²) in [6.45, 7) is 0.198. The lowest BCUT2D eigenvalue weighted by Gasteiger charge is -2.04. The second-order valence-electron chi connectivity index (χ2n) is 6.07. The molecule has 0 aliphatic carbocycles. The molecule has 0 fully saturated rings. The van der Waals surface area contributed by atoms with Gasteiger partial charge in [-0.05, 0) is 47.5 Å². The fraction of sp³-hybridized carbons (Fsp3) is 0.136. The van der Waals surface area contributed by atoms with Crippen molar-refractivity contribution in [2.24, 2.45) is 15.9 Å². The van der Waals surface area contributed by atoms with E-state index in [0.29, 0.717) is 16.7 Å². The summed E-state index contributed by atoms with van der Waals surface area (Å²) < 4.78 is 15.6. The van der Waals surface area contributed by atoms with Gasteiger partial charge in [0, 0.05) is 5.75 Å². The molecule has 0 amide bonds. The number of nitrogens with zero attached hydrogens (tertiary/aromatic N) is 2. The minimum atomic E-state index is -0.522. The number of amidine groups is 1. The van der Waals surface area contributed by atoms with Crippen molar-refractivity contribution in [3.63, 3.8) is 0 Å². The molecule has 154 valence electrons. The lowest BCUT2D eigenvalue weighted by molar-refractivity contribution is 0.0561. The number of hydrogen-bond acceptors (Lipinski definition) is 7. The van der Waals surface area contributed by atoms with Crippen LogP contribution >= 0.6 is 11.8 Å². The van der Waals surface area contributed by atoms with E-state index in [1.807, 2.05) is 54.6 Å². The number of benzene rings is 2. The Balaban J connectivity index is 1.46. The van der Waals surface area contributed by atoms with Crippen LogP contribution in [0.4, 0.5) is 0 Å². The van der Waals surface area contributed by atoms with Crippen molar-refractivity contribution in [1.82, 2.24) is 0 Å². The molecule has 0 saturated carbocycles. The zero-order chi connectivity index (χ0) is 21.2. The minimum Gasteiger partial charge on any atom is -0.486 e. The monoisotopic (exact) mass is 423 g/mol. The van der Waals surface area contributed by atoms with Crippen LogP contribution in [0.3, 0.4) is 0 Å². The topological polar surface area (TPSA) is 99.4 Å². The van der Waals surface area contributed by atoms with E-state index in [-0.39, 0.29) is 12.4 Å². The highest BCUT2D eigenvalue weighted by Crippen LogP contribution is 2.16. The molecule has 0 atom stereocenters. The summed E-state index contributed by atoms with van der Waals surface area (Å²) >= 11 is 1.43. The molecule has 0 radical (unpaired) electrons. The van der Waals surface area contributed by atoms with Crippen molar-refractivity contribution in [1.29, 1.82) is 0 Å². The molecule has 2 aromatic carbocycles. The highest BCUT2D eigenvalue weighted by Gasteiger charge is 2.11. The van der Waals surface area contributed by atoms with Gasteiger partial charge in [0.1, 0.15) is 18.1 Å². The summed E-state index contributed by atoms with van der Waals surface area (Å²) in [6.07, 6.45) is 1.62. The molecular weight excluding hydrogens is 402 g/mol. The Morgan fingerprint density at radius 2 is 1.87 bits per heavy atom. The first-order valence-corrected chi connectivity index (χ1v) is 10.1. The third kappa shape index (κ3) is 6.52. The summed E-state index contributed by atoms with van der Waals surface area (Å²) in [5, 5.41) is 8.43. The number of carbonyl (C=O) groups is 1. The van der Waals surface area contributed by atoms with Crippen LogP contribution < -0.4 is 10.5 Å². The number of hydrogen-bond donors (Lipinski definition) is 1. The molecule has 1 heterocycles. The van der Waals surface area contributed by atoms with Gasteiger partial charge in [0.05, 0.1) is 13.3 Å². The van der Waals surface area contributed by atoms with Gasteiger partial charge in [0.2, 0.25) is 5.76 Å². The van der Waals surface area contributed by atoms with Crippen LogP contribution in [0.25, 0.3) is 0 Å². The fourth-order valence-corrected chi connectivity index (χ4v) is 3.00. The molecule has 0 aliphatic heterocycles. The molecule has 1 aromatic heterocycles. The van der Waals surface area contributed by atoms with E-state index in [1.165, 1.54) is 24.4 Å². The third-order valence-electron chi connectivity index (χ3n) is 3.90. The molecule has 7 nitrogen and oxygen atoms in total. The molecule has 3 rings (SSSR count). The maximum Gasteiger partial charge on any atom is 0.373 e. The number of methoxy groups -OCH3 is 1. The van der Waals surface area contributed by atoms with E-state index >= 15 is 0 Å². The Bertz CT molecular complexity index is 1010. The van der Waals surface area contributed by atoms with E-state index in [0.717, 1.165) is 11.3 Å². The number of thioether (sulfide) groups is 1. The normalized spacial score (nSPS) is 11.6. The zero-order valence-electron chi connectivity index (χ0n) is 16.4. The molecule has 0 unspecified atom stereocenters. The number of ether oxygens (including phenoxy) is 2. The largest absolute Gasteiger partial charge is 0.486 e. The van der Waals surface area contributed by atoms with E-state index in [2.05, 4.69) is 14.9 Å². The van der Waals surface area contributed by atoms with Gasteiger partial charge in [-0.3, -0.25) is 0 Å². The Morgan fingerprint density at radius 3 is 2.60 bits per heavy atom. The summed E-state index contributed by atoms with van der Waals surface area (Å²) in [7, 11) is 1.30. The number of carbonyl (C=O) groups excluding carboxylic acids is 1. The van der Waals surface area contributed by atoms with Crippen LogP contribution in [0.15, 0.2) is 81.4 Å². The van der Waals surface area contributed by atoms with E-state index in [4.69, 9.17) is 14.9 Å². The standard InChI is InChI=1S/C22H21N3O4S/c1-27-21(26)20-12-11-19(29-20)14-28-18-9-7-16(8-10-18)13-24-25-22(23)30-15-17-5-3-2-4-6-17/h2-13H,14-15H2,1H3,(H2,23,25). The van der Waals surface area contributed by atoms with E-state index in [9.17, 15) is 4.79 Å². The quantitative estimate of drug-likeness (QED) is 0.252. The first kappa shape index (κ1) is 21.2. The molecular formula is C22H21N3O4S. The predicted octanol–water partition coefficient (Wildman–Crippen LogP) is 4.23. The highest BCUT2D eigenvalue weighted by atomic mass is 32.2. The smallest absolute Gasteiger partial charge is 0.373 e. The highest BCUT2D eigenvalue weighted by molar-refractivity contribution is 8.13. The minimum absolute atomic E-state index is 0.143. The Labute approximate surface area is 178 Å². The molecule has 3 aromatic rings. The SMILES string of the molecule is COC(=O)c1ccc(COc2ccc(C=NN=C(N)SCc3ccccc3)cc2)o1. The number of nitrogens with two attached hydrogens (primary N) is 1. The summed E-state index contributed by atoms with van der Waals surface area (Å²) in [6, 6.07) is 20.6. The van der Waals surface area contributed by atoms with Gasteiger partial charge in [-0.25, -0.2) is 4.79 Å². The maximum atomic E-state index is 11.4. The lowest BCUT2D eigenvalue weighted by Crippen LogP contribution is -2.05. The number of furan rings is 1. The Hall–Kier alpha value is -3.52. The van der Waals surface area contributed by atoms with Crippen molar-refractivity contribution in [3.05, 3.63) is 89.4 Å². The van der Waals surface area contributed by atoms with Gasteiger partial charge in [0.15, 0.2) is 5.17 Å². The Morgan fingerprint density at radius 1 is 1.10 bits per heavy atom. The second kappa shape index (κ2) is 10.9. The molecule has 30 heavy (non-hydrogen) atoms. The van der Waals surface area contributed by atoms with Crippen LogP contribution in [-0.2, 0) is 17.1 Å². The molecule has 8 heteroatoms. The van der Waals surface area contributed by atoms with Crippen molar-refractivity contribution in [2.45, 2.75) is 12.4 Å². The van der Waals surface area contributed by atoms with Crippen LogP contribution in [0.1, 0.15) is 27.4 Å². The first-order valence-electron chi connectivity index (χ1n) is 9.07. The molecule has 2 N–H and O–H groups in total. The van der Waals surface area contributed by atoms with Gasteiger partial charge < -0.3 is 19.6 Å². The summed E-state index contributed by atoms with van der Waals surface area (Å²) in [5.74, 6) is 1.55. The van der Waals surface area contributed by atoms with Crippen LogP contribution in [0.2, 0.25) is 0 Å². The van der Waals surface area contributed by atoms with Gasteiger partial charge in [0.25, 0.3) is 0 Å². The second-order valence-corrected chi connectivity index (χ2v) is 7.07. The predicted molar refractivity (Wildman–Crippen MR) is 118 cm³/mol. The molecule has 0 spiro atoms. The molecule has 0 bridgehead atoms. The van der Waals surface area contributed by atoms with Crippen molar-refractivity contribution in [2.75, 3.05) is 7.11 Å². The van der Waals surface area contributed by atoms with Gasteiger partial charge >= 0.3 is 5.97 Å². The van der Waals surface area contributed by atoms with E-state index < -0.39 is 5.97 Å². The maximum absolute atomic E-state index is 11.4. The zero-order valence-corrected chi connectivity index (χ0v) is 17.2. The van der Waals surface area contributed by atoms with Crippen LogP contribution in [0.5, 0.6) is 5.75 Å². The summed E-state index contributed by atoms with van der Waals surface area (Å²) in [5.41, 5.74) is 7.91. The fourth-order valence-electron chi connectivity index (χ4n) is 2.38. The van der Waals surface area contributed by atoms with Gasteiger partial charge in [-0.1, -0.05) is 42.1 Å². The average Bonchev–Trinajstić information content (AvgIpc) is 3.26. The van der Waals surface area contributed by atoms with Crippen LogP contribution in [0, 0.1) is 0 Å². The Kier molecular flexibility index (Phi) is 7.68. The molecule has 0 saturated heterocycles. The first-order chi connectivity index (χ1) is 14.6. The number of esters is 1. The van der Waals surface area contributed by atoms with Gasteiger partial charge in [-0.15, -0.1) is 5.10 Å². The average molecular weight is 423 g/mol. The number of rotatable bonds is 8. The summed E-state index contributed by atoms with van der Waals surface area (Å²) in [4.78, 5) is 11.4. The van der Waals surface area contributed by atoms with Crippen LogP contribution in [-0.4, -0.2) is 24.5 Å². The van der Waals surface area contributed by atoms with Crippen molar-refractivity contribution < 1.29 is 18.7 Å². The lowest BCUT2D eigenvalue weighted by atomic mass is 10.2. The van der Waals surface area contributed by atoms with Crippen molar-refractivity contribution >= 4 is 29.1 Å². The van der Waals surface area contributed by atoms with Gasteiger partial charge in [-0.2, -0.15) is 5.10 Å². The third-order valence-corrected chi connectivity index (χ3v) is 4.76. The van der Waals surface area contributed by atoms with Crippen molar-refractivity contribution in [3.8, 4) is 5.75 Å².